The van der Waals surface area contributed by atoms with Crippen molar-refractivity contribution in [2.24, 2.45) is 5.73 Å². The number of ether oxygens (including phenoxy) is 1. The Morgan fingerprint density at radius 1 is 1.10 bits per heavy atom. The zero-order valence-electron chi connectivity index (χ0n) is 7.10. The highest BCUT2D eigenvalue weighted by Gasteiger charge is 2.10. The van der Waals surface area contributed by atoms with Gasteiger partial charge in [-0.3, -0.25) is 0 Å². The lowest BCUT2D eigenvalue weighted by atomic mass is 9.98. The molecular weight excluding hydrogens is 126 g/mol. The molecule has 0 aromatic rings. The summed E-state index contributed by atoms with van der Waals surface area (Å²) in [5.41, 5.74) is 4.50. The van der Waals surface area contributed by atoms with Crippen LogP contribution >= 0.6 is 0 Å². The van der Waals surface area contributed by atoms with Crippen molar-refractivity contribution >= 4 is 0 Å². The number of rotatable bonds is 1. The van der Waals surface area contributed by atoms with Crippen LogP contribution in [0.25, 0.3) is 0 Å². The van der Waals surface area contributed by atoms with Crippen molar-refractivity contribution in [3.8, 4) is 0 Å². The van der Waals surface area contributed by atoms with Gasteiger partial charge in [0.1, 0.15) is 0 Å². The number of hydrogen-bond donors (Lipinski definition) is 1. The van der Waals surface area contributed by atoms with E-state index in [9.17, 15) is 0 Å². The molecule has 0 aromatic carbocycles. The third-order valence-electron chi connectivity index (χ3n) is 1.89. The van der Waals surface area contributed by atoms with Crippen molar-refractivity contribution in [1.82, 2.24) is 0 Å². The summed E-state index contributed by atoms with van der Waals surface area (Å²) in [6.45, 7) is 0. The summed E-state index contributed by atoms with van der Waals surface area (Å²) in [7, 11) is 3.32. The van der Waals surface area contributed by atoms with Crippen molar-refractivity contribution < 1.29 is 4.74 Å². The standard InChI is InChI=1S/C7H14O.CH5N/c1-8-7-5-3-2-4-6-7;1-2/h7H,2-6H2,1H3;2H2,1H3. The van der Waals surface area contributed by atoms with E-state index in [-0.39, 0.29) is 0 Å². The Bertz CT molecular complexity index is 60.3. The summed E-state index contributed by atoms with van der Waals surface area (Å²) in [4.78, 5) is 0. The lowest BCUT2D eigenvalue weighted by molar-refractivity contribution is 0.0710. The van der Waals surface area contributed by atoms with Crippen LogP contribution in [-0.4, -0.2) is 20.3 Å². The van der Waals surface area contributed by atoms with Crippen molar-refractivity contribution in [3.63, 3.8) is 0 Å². The summed E-state index contributed by atoms with van der Waals surface area (Å²) in [5.74, 6) is 0. The van der Waals surface area contributed by atoms with Crippen molar-refractivity contribution in [2.75, 3.05) is 14.2 Å². The van der Waals surface area contributed by atoms with Crippen LogP contribution < -0.4 is 5.73 Å². The van der Waals surface area contributed by atoms with Crippen LogP contribution in [0.5, 0.6) is 0 Å². The normalized spacial score (nSPS) is 19.5. The van der Waals surface area contributed by atoms with Crippen LogP contribution in [0.3, 0.4) is 0 Å². The van der Waals surface area contributed by atoms with E-state index in [1.165, 1.54) is 39.2 Å². The predicted molar refractivity (Wildman–Crippen MR) is 44.0 cm³/mol. The first kappa shape index (κ1) is 9.92. The van der Waals surface area contributed by atoms with E-state index in [4.69, 9.17) is 4.74 Å². The van der Waals surface area contributed by atoms with E-state index in [2.05, 4.69) is 5.73 Å². The molecule has 62 valence electrons. The lowest BCUT2D eigenvalue weighted by Gasteiger charge is -2.19. The Labute approximate surface area is 63.7 Å². The van der Waals surface area contributed by atoms with Gasteiger partial charge in [-0.1, -0.05) is 19.3 Å². The molecule has 2 N–H and O–H groups in total. The fourth-order valence-electron chi connectivity index (χ4n) is 1.30. The van der Waals surface area contributed by atoms with Gasteiger partial charge in [-0.15, -0.1) is 0 Å². The van der Waals surface area contributed by atoms with E-state index in [0.717, 1.165) is 0 Å². The molecule has 0 spiro atoms. The second kappa shape index (κ2) is 7.03. The van der Waals surface area contributed by atoms with Crippen molar-refractivity contribution in [2.45, 2.75) is 38.2 Å². The van der Waals surface area contributed by atoms with Gasteiger partial charge in [0.2, 0.25) is 0 Å². The van der Waals surface area contributed by atoms with Gasteiger partial charge in [0.25, 0.3) is 0 Å². The monoisotopic (exact) mass is 145 g/mol. The fourth-order valence-corrected chi connectivity index (χ4v) is 1.30. The first-order valence-electron chi connectivity index (χ1n) is 4.04. The topological polar surface area (TPSA) is 35.2 Å². The van der Waals surface area contributed by atoms with Crippen molar-refractivity contribution in [3.05, 3.63) is 0 Å². The lowest BCUT2D eigenvalue weighted by Crippen LogP contribution is -2.13. The van der Waals surface area contributed by atoms with Gasteiger partial charge < -0.3 is 10.5 Å². The van der Waals surface area contributed by atoms with Gasteiger partial charge in [0.15, 0.2) is 0 Å². The third-order valence-corrected chi connectivity index (χ3v) is 1.89. The van der Waals surface area contributed by atoms with Gasteiger partial charge in [0, 0.05) is 7.11 Å². The minimum absolute atomic E-state index is 0.587. The average molecular weight is 145 g/mol. The number of nitrogens with two attached hydrogens (primary N) is 1. The summed E-state index contributed by atoms with van der Waals surface area (Å²) in [6.07, 6.45) is 7.33. The van der Waals surface area contributed by atoms with E-state index in [1.54, 1.807) is 0 Å². The highest BCUT2D eigenvalue weighted by molar-refractivity contribution is 4.63. The molecule has 0 radical (unpaired) electrons. The fraction of sp³-hybridized carbons (Fsp3) is 1.00. The molecule has 0 bridgehead atoms. The van der Waals surface area contributed by atoms with Crippen LogP contribution in [0.15, 0.2) is 0 Å². The molecular formula is C8H19NO. The molecule has 0 aromatic heterocycles. The van der Waals surface area contributed by atoms with Crippen LogP contribution in [-0.2, 0) is 4.74 Å². The second-order valence-electron chi connectivity index (χ2n) is 2.50. The van der Waals surface area contributed by atoms with Gasteiger partial charge in [0.05, 0.1) is 6.10 Å². The minimum Gasteiger partial charge on any atom is -0.381 e. The largest absolute Gasteiger partial charge is 0.381 e. The van der Waals surface area contributed by atoms with Crippen LogP contribution in [0.1, 0.15) is 32.1 Å². The first-order chi connectivity index (χ1) is 4.93. The van der Waals surface area contributed by atoms with Crippen molar-refractivity contribution in [1.29, 1.82) is 0 Å². The zero-order chi connectivity index (χ0) is 7.82. The van der Waals surface area contributed by atoms with Gasteiger partial charge in [-0.2, -0.15) is 0 Å². The smallest absolute Gasteiger partial charge is 0.0571 e. The van der Waals surface area contributed by atoms with Crippen LogP contribution in [0.4, 0.5) is 0 Å². The molecule has 1 aliphatic rings. The Morgan fingerprint density at radius 3 is 1.90 bits per heavy atom. The SMILES string of the molecule is CN.COC1CCCCC1. The Balaban J connectivity index is 0.000000371. The summed E-state index contributed by atoms with van der Waals surface area (Å²) < 4.78 is 5.19. The molecule has 10 heavy (non-hydrogen) atoms. The molecule has 1 rings (SSSR count). The van der Waals surface area contributed by atoms with E-state index >= 15 is 0 Å². The van der Waals surface area contributed by atoms with Crippen LogP contribution in [0, 0.1) is 0 Å². The summed E-state index contributed by atoms with van der Waals surface area (Å²) in [5, 5.41) is 0. The van der Waals surface area contributed by atoms with E-state index in [0.29, 0.717) is 6.10 Å². The number of methoxy groups -OCH3 is 1. The first-order valence-corrected chi connectivity index (χ1v) is 4.04. The Morgan fingerprint density at radius 2 is 1.60 bits per heavy atom. The average Bonchev–Trinajstić information content (AvgIpc) is 2.10. The zero-order valence-corrected chi connectivity index (χ0v) is 7.10. The molecule has 0 saturated heterocycles. The van der Waals surface area contributed by atoms with Gasteiger partial charge in [-0.25, -0.2) is 0 Å². The molecule has 1 saturated carbocycles. The third kappa shape index (κ3) is 3.85. The maximum atomic E-state index is 5.19. The molecule has 0 unspecified atom stereocenters. The molecule has 1 fully saturated rings. The predicted octanol–water partition coefficient (Wildman–Crippen LogP) is 1.54. The molecule has 0 amide bonds. The minimum atomic E-state index is 0.587. The molecule has 1 aliphatic carbocycles. The molecule has 0 heterocycles. The highest BCUT2D eigenvalue weighted by Crippen LogP contribution is 2.18. The Hall–Kier alpha value is -0.0800. The Kier molecular flexibility index (Phi) is 6.98. The quantitative estimate of drug-likeness (QED) is 0.607. The highest BCUT2D eigenvalue weighted by atomic mass is 16.5. The summed E-state index contributed by atoms with van der Waals surface area (Å²) >= 11 is 0. The van der Waals surface area contributed by atoms with E-state index < -0.39 is 0 Å². The van der Waals surface area contributed by atoms with Gasteiger partial charge >= 0.3 is 0 Å². The molecule has 0 aliphatic heterocycles. The molecule has 2 heteroatoms. The van der Waals surface area contributed by atoms with E-state index in [1.807, 2.05) is 7.11 Å². The molecule has 2 nitrogen and oxygen atoms in total. The maximum Gasteiger partial charge on any atom is 0.0571 e. The molecule has 0 atom stereocenters. The number of hydrogen-bond acceptors (Lipinski definition) is 2. The van der Waals surface area contributed by atoms with Crippen LogP contribution in [0.2, 0.25) is 0 Å². The summed E-state index contributed by atoms with van der Waals surface area (Å²) in [6, 6.07) is 0. The maximum absolute atomic E-state index is 5.19. The second-order valence-corrected chi connectivity index (χ2v) is 2.50. The van der Waals surface area contributed by atoms with Gasteiger partial charge in [-0.05, 0) is 19.9 Å².